The van der Waals surface area contributed by atoms with E-state index >= 15 is 0 Å². The van der Waals surface area contributed by atoms with E-state index in [1.54, 1.807) is 0 Å². The molecular weight excluding hydrogens is 609 g/mol. The minimum absolute atomic E-state index is 0.699. The van der Waals surface area contributed by atoms with Gasteiger partial charge in [0.2, 0.25) is 0 Å². The molecule has 0 aliphatic rings. The summed E-state index contributed by atoms with van der Waals surface area (Å²) in [5, 5.41) is 4.70. The van der Waals surface area contributed by atoms with E-state index in [1.807, 2.05) is 6.07 Å². The lowest BCUT2D eigenvalue weighted by Gasteiger charge is -2.14. The fourth-order valence-electron chi connectivity index (χ4n) is 7.52. The Kier molecular flexibility index (Phi) is 6.46. The smallest absolute Gasteiger partial charge is 0.160 e. The van der Waals surface area contributed by atoms with E-state index in [4.69, 9.17) is 9.97 Å². The van der Waals surface area contributed by atoms with Crippen LogP contribution in [0.2, 0.25) is 0 Å². The molecule has 0 aliphatic carbocycles. The summed E-state index contributed by atoms with van der Waals surface area (Å²) in [5.41, 5.74) is 11.9. The highest BCUT2D eigenvalue weighted by atomic mass is 15.0. The van der Waals surface area contributed by atoms with Gasteiger partial charge in [0.15, 0.2) is 5.82 Å². The Labute approximate surface area is 289 Å². The second-order valence-electron chi connectivity index (χ2n) is 12.6. The molecule has 0 saturated carbocycles. The van der Waals surface area contributed by atoms with E-state index in [1.165, 1.54) is 21.7 Å². The van der Waals surface area contributed by atoms with Crippen molar-refractivity contribution in [2.75, 3.05) is 0 Å². The molecule has 0 fully saturated rings. The zero-order chi connectivity index (χ0) is 33.0. The van der Waals surface area contributed by atoms with Gasteiger partial charge >= 0.3 is 0 Å². The topological polar surface area (TPSA) is 35.6 Å². The molecule has 0 saturated heterocycles. The van der Waals surface area contributed by atoms with Crippen molar-refractivity contribution in [3.8, 4) is 45.1 Å². The van der Waals surface area contributed by atoms with Gasteiger partial charge in [0.1, 0.15) is 0 Å². The van der Waals surface area contributed by atoms with E-state index < -0.39 is 0 Å². The predicted molar refractivity (Wildman–Crippen MR) is 207 cm³/mol. The Balaban J connectivity index is 1.19. The largest absolute Gasteiger partial charge is 0.316 e. The fourth-order valence-corrected chi connectivity index (χ4v) is 7.52. The number of benzene rings is 7. The first-order valence-corrected chi connectivity index (χ1v) is 16.9. The highest BCUT2D eigenvalue weighted by molar-refractivity contribution is 6.20. The van der Waals surface area contributed by atoms with Crippen LogP contribution in [0.25, 0.3) is 88.8 Å². The van der Waals surface area contributed by atoms with Gasteiger partial charge in [-0.05, 0) is 59.7 Å². The average molecular weight is 639 g/mol. The van der Waals surface area contributed by atoms with Gasteiger partial charge in [-0.2, -0.15) is 0 Å². The van der Waals surface area contributed by atoms with E-state index in [9.17, 15) is 0 Å². The zero-order valence-corrected chi connectivity index (χ0v) is 27.1. The lowest BCUT2D eigenvalue weighted by Crippen LogP contribution is -1.98. The first kappa shape index (κ1) is 28.3. The number of nitrogens with zero attached hydrogens (tertiary/aromatic N) is 4. The molecule has 0 unspecified atom stereocenters. The molecule has 0 aliphatic heterocycles. The van der Waals surface area contributed by atoms with Crippen molar-refractivity contribution < 1.29 is 0 Å². The maximum Gasteiger partial charge on any atom is 0.160 e. The number of para-hydroxylation sites is 3. The summed E-state index contributed by atoms with van der Waals surface area (Å²) < 4.78 is 4.69. The number of fused-ring (bicyclic) bond motifs is 6. The van der Waals surface area contributed by atoms with Crippen LogP contribution in [-0.4, -0.2) is 19.1 Å². The Morgan fingerprint density at radius 1 is 0.440 bits per heavy atom. The van der Waals surface area contributed by atoms with Crippen LogP contribution in [0, 0.1) is 0 Å². The molecular formula is C46H30N4. The SMILES string of the molecule is c1ccc(-c2ccccc2-c2nc(-c3cccc(-n4c5ccccc5c5c6c(ccc54)ccn6-c4ccccc4)c3)nc3ccccc23)cc1. The monoisotopic (exact) mass is 638 g/mol. The van der Waals surface area contributed by atoms with Crippen molar-refractivity contribution in [2.24, 2.45) is 0 Å². The molecule has 234 valence electrons. The molecule has 0 N–H and O–H groups in total. The van der Waals surface area contributed by atoms with Crippen LogP contribution in [0.5, 0.6) is 0 Å². The number of aromatic nitrogens is 4. The van der Waals surface area contributed by atoms with Crippen molar-refractivity contribution in [2.45, 2.75) is 0 Å². The van der Waals surface area contributed by atoms with Crippen LogP contribution in [0.4, 0.5) is 0 Å². The third-order valence-corrected chi connectivity index (χ3v) is 9.75. The maximum absolute atomic E-state index is 5.33. The van der Waals surface area contributed by atoms with Gasteiger partial charge in [-0.1, -0.05) is 127 Å². The van der Waals surface area contributed by atoms with Gasteiger partial charge in [0.25, 0.3) is 0 Å². The van der Waals surface area contributed by atoms with Crippen LogP contribution >= 0.6 is 0 Å². The van der Waals surface area contributed by atoms with Gasteiger partial charge in [-0.25, -0.2) is 9.97 Å². The summed E-state index contributed by atoms with van der Waals surface area (Å²) in [6.45, 7) is 0. The normalized spacial score (nSPS) is 11.6. The molecule has 7 aromatic carbocycles. The summed E-state index contributed by atoms with van der Waals surface area (Å²) in [6, 6.07) is 62.0. The Morgan fingerprint density at radius 2 is 1.12 bits per heavy atom. The molecule has 0 amide bonds. The number of hydrogen-bond acceptors (Lipinski definition) is 2. The van der Waals surface area contributed by atoms with Gasteiger partial charge in [0.05, 0.1) is 27.8 Å². The van der Waals surface area contributed by atoms with Crippen molar-refractivity contribution in [3.63, 3.8) is 0 Å². The molecule has 0 spiro atoms. The second-order valence-corrected chi connectivity index (χ2v) is 12.6. The van der Waals surface area contributed by atoms with Crippen LogP contribution < -0.4 is 0 Å². The van der Waals surface area contributed by atoms with Crippen molar-refractivity contribution in [3.05, 3.63) is 182 Å². The third kappa shape index (κ3) is 4.46. The Morgan fingerprint density at radius 3 is 1.98 bits per heavy atom. The molecule has 0 radical (unpaired) electrons. The standard InChI is InChI=1S/C46H30N4/c1-3-14-31(15-4-1)36-20-7-8-21-37(36)44-38-22-9-11-24-40(38)47-46(48-44)33-16-13-19-35(30-33)50-41-25-12-10-23-39(41)43-42(50)27-26-32-28-29-49(45(32)43)34-17-5-2-6-18-34/h1-30H. The highest BCUT2D eigenvalue weighted by Gasteiger charge is 2.19. The van der Waals surface area contributed by atoms with E-state index in [0.29, 0.717) is 5.82 Å². The second kappa shape index (κ2) is 11.4. The van der Waals surface area contributed by atoms with Gasteiger partial charge < -0.3 is 9.13 Å². The molecule has 50 heavy (non-hydrogen) atoms. The lowest BCUT2D eigenvalue weighted by atomic mass is 9.95. The molecule has 3 aromatic heterocycles. The molecule has 3 heterocycles. The van der Waals surface area contributed by atoms with Gasteiger partial charge in [0, 0.05) is 50.2 Å². The van der Waals surface area contributed by atoms with E-state index in [0.717, 1.165) is 61.3 Å². The van der Waals surface area contributed by atoms with Crippen molar-refractivity contribution in [1.29, 1.82) is 0 Å². The van der Waals surface area contributed by atoms with Crippen molar-refractivity contribution >= 4 is 43.6 Å². The lowest BCUT2D eigenvalue weighted by molar-refractivity contribution is 1.13. The van der Waals surface area contributed by atoms with Crippen molar-refractivity contribution in [1.82, 2.24) is 19.1 Å². The molecule has 10 aromatic rings. The summed E-state index contributed by atoms with van der Waals surface area (Å²) in [4.78, 5) is 10.5. The van der Waals surface area contributed by atoms with Gasteiger partial charge in [-0.15, -0.1) is 0 Å². The molecule has 0 atom stereocenters. The first-order valence-electron chi connectivity index (χ1n) is 16.9. The average Bonchev–Trinajstić information content (AvgIpc) is 3.78. The minimum atomic E-state index is 0.699. The number of hydrogen-bond donors (Lipinski definition) is 0. The summed E-state index contributed by atoms with van der Waals surface area (Å²) in [5.74, 6) is 0.699. The van der Waals surface area contributed by atoms with E-state index in [-0.39, 0.29) is 0 Å². The van der Waals surface area contributed by atoms with Crippen LogP contribution in [0.1, 0.15) is 0 Å². The summed E-state index contributed by atoms with van der Waals surface area (Å²) in [7, 11) is 0. The fraction of sp³-hybridized carbons (Fsp3) is 0. The quantitative estimate of drug-likeness (QED) is 0.188. The predicted octanol–water partition coefficient (Wildman–Crippen LogP) is 11.7. The zero-order valence-electron chi connectivity index (χ0n) is 27.1. The molecule has 4 heteroatoms. The van der Waals surface area contributed by atoms with Crippen LogP contribution in [-0.2, 0) is 0 Å². The summed E-state index contributed by atoms with van der Waals surface area (Å²) in [6.07, 6.45) is 2.18. The Bertz CT molecular complexity index is 2860. The summed E-state index contributed by atoms with van der Waals surface area (Å²) >= 11 is 0. The highest BCUT2D eigenvalue weighted by Crippen LogP contribution is 2.40. The number of rotatable bonds is 5. The van der Waals surface area contributed by atoms with Gasteiger partial charge in [-0.3, -0.25) is 0 Å². The maximum atomic E-state index is 5.33. The van der Waals surface area contributed by atoms with Crippen LogP contribution in [0.15, 0.2) is 182 Å². The van der Waals surface area contributed by atoms with Crippen LogP contribution in [0.3, 0.4) is 0 Å². The first-order chi connectivity index (χ1) is 24.8. The van der Waals surface area contributed by atoms with E-state index in [2.05, 4.69) is 185 Å². The molecule has 4 nitrogen and oxygen atoms in total. The molecule has 10 rings (SSSR count). The molecule has 0 bridgehead atoms. The third-order valence-electron chi connectivity index (χ3n) is 9.75. The Hall–Kier alpha value is -6.78. The minimum Gasteiger partial charge on any atom is -0.316 e.